The fourth-order valence-corrected chi connectivity index (χ4v) is 3.22. The molecule has 2 aromatic rings. The van der Waals surface area contributed by atoms with Gasteiger partial charge in [-0.15, -0.1) is 12.4 Å². The number of carbonyl (C=O) groups is 1. The molecule has 0 radical (unpaired) electrons. The Kier molecular flexibility index (Phi) is 5.33. The molecule has 1 amide bonds. The van der Waals surface area contributed by atoms with E-state index in [-0.39, 0.29) is 29.8 Å². The number of amides is 1. The van der Waals surface area contributed by atoms with E-state index in [1.165, 1.54) is 10.8 Å². The van der Waals surface area contributed by atoms with Gasteiger partial charge in [0.2, 0.25) is 5.91 Å². The molecule has 1 unspecified atom stereocenters. The third-order valence-electron chi connectivity index (χ3n) is 4.83. The van der Waals surface area contributed by atoms with Gasteiger partial charge in [0.15, 0.2) is 0 Å². The number of nitrogens with two attached hydrogens (primary N) is 1. The van der Waals surface area contributed by atoms with Crippen LogP contribution in [0.15, 0.2) is 42.5 Å². The molecule has 1 saturated heterocycles. The van der Waals surface area contributed by atoms with Crippen molar-refractivity contribution >= 4 is 29.1 Å². The van der Waals surface area contributed by atoms with E-state index in [1.54, 1.807) is 0 Å². The Balaban J connectivity index is 0.00000192. The first-order valence-corrected chi connectivity index (χ1v) is 7.97. The van der Waals surface area contributed by atoms with Crippen molar-refractivity contribution in [2.45, 2.75) is 32.7 Å². The molecular weight excluding hydrogens is 308 g/mol. The molecule has 1 heterocycles. The van der Waals surface area contributed by atoms with Gasteiger partial charge in [0.25, 0.3) is 0 Å². The van der Waals surface area contributed by atoms with E-state index in [4.69, 9.17) is 5.73 Å². The largest absolute Gasteiger partial charge is 0.342 e. The smallest absolute Gasteiger partial charge is 0.227 e. The Hall–Kier alpha value is -1.58. The van der Waals surface area contributed by atoms with Crippen molar-refractivity contribution in [3.63, 3.8) is 0 Å². The number of halogens is 1. The van der Waals surface area contributed by atoms with Crippen LogP contribution >= 0.6 is 12.4 Å². The van der Waals surface area contributed by atoms with Gasteiger partial charge < -0.3 is 10.6 Å². The van der Waals surface area contributed by atoms with Crippen LogP contribution in [0, 0.1) is 5.41 Å². The first-order chi connectivity index (χ1) is 10.5. The third-order valence-corrected chi connectivity index (χ3v) is 4.83. The first-order valence-electron chi connectivity index (χ1n) is 7.97. The van der Waals surface area contributed by atoms with Crippen LogP contribution < -0.4 is 5.73 Å². The number of hydrogen-bond donors (Lipinski definition) is 1. The molecule has 124 valence electrons. The Morgan fingerprint density at radius 1 is 1.22 bits per heavy atom. The highest BCUT2D eigenvalue weighted by Gasteiger charge is 2.35. The molecule has 4 heteroatoms. The second kappa shape index (κ2) is 6.90. The SMILES string of the molecule is CC1(C)CN(C(=O)Cc2ccc3ccccc3c2)CCC1N.Cl. The highest BCUT2D eigenvalue weighted by molar-refractivity contribution is 5.86. The van der Waals surface area contributed by atoms with E-state index >= 15 is 0 Å². The van der Waals surface area contributed by atoms with Crippen molar-refractivity contribution < 1.29 is 4.79 Å². The normalized spacial score (nSPS) is 20.1. The summed E-state index contributed by atoms with van der Waals surface area (Å²) >= 11 is 0. The monoisotopic (exact) mass is 332 g/mol. The van der Waals surface area contributed by atoms with Gasteiger partial charge >= 0.3 is 0 Å². The fourth-order valence-electron chi connectivity index (χ4n) is 3.22. The summed E-state index contributed by atoms with van der Waals surface area (Å²) in [6, 6.07) is 14.7. The van der Waals surface area contributed by atoms with Gasteiger partial charge in [0, 0.05) is 19.1 Å². The molecule has 1 fully saturated rings. The zero-order chi connectivity index (χ0) is 15.7. The summed E-state index contributed by atoms with van der Waals surface area (Å²) in [7, 11) is 0. The Labute approximate surface area is 144 Å². The van der Waals surface area contributed by atoms with Crippen LogP contribution in [0.25, 0.3) is 10.8 Å². The van der Waals surface area contributed by atoms with Gasteiger partial charge in [-0.3, -0.25) is 4.79 Å². The zero-order valence-corrected chi connectivity index (χ0v) is 14.6. The van der Waals surface area contributed by atoms with Gasteiger partial charge in [0.1, 0.15) is 0 Å². The van der Waals surface area contributed by atoms with Gasteiger partial charge in [-0.25, -0.2) is 0 Å². The van der Waals surface area contributed by atoms with Crippen molar-refractivity contribution in [2.24, 2.45) is 11.1 Å². The van der Waals surface area contributed by atoms with Crippen LogP contribution in [0.5, 0.6) is 0 Å². The summed E-state index contributed by atoms with van der Waals surface area (Å²) in [6.45, 7) is 5.82. The van der Waals surface area contributed by atoms with Gasteiger partial charge in [-0.05, 0) is 28.2 Å². The molecule has 23 heavy (non-hydrogen) atoms. The summed E-state index contributed by atoms with van der Waals surface area (Å²) < 4.78 is 0. The molecule has 0 aliphatic carbocycles. The van der Waals surface area contributed by atoms with E-state index in [0.29, 0.717) is 6.42 Å². The van der Waals surface area contributed by atoms with Crippen LogP contribution in [0.4, 0.5) is 0 Å². The number of rotatable bonds is 2. The molecule has 2 N–H and O–H groups in total. The lowest BCUT2D eigenvalue weighted by Crippen LogP contribution is -2.54. The molecule has 2 aromatic carbocycles. The maximum atomic E-state index is 12.6. The summed E-state index contributed by atoms with van der Waals surface area (Å²) in [4.78, 5) is 14.6. The van der Waals surface area contributed by atoms with E-state index in [9.17, 15) is 4.79 Å². The van der Waals surface area contributed by atoms with Crippen LogP contribution in [0.2, 0.25) is 0 Å². The van der Waals surface area contributed by atoms with Crippen LogP contribution in [-0.4, -0.2) is 29.9 Å². The molecule has 0 spiro atoms. The van der Waals surface area contributed by atoms with Crippen molar-refractivity contribution in [1.29, 1.82) is 0 Å². The second-order valence-corrected chi connectivity index (χ2v) is 7.06. The average molecular weight is 333 g/mol. The maximum Gasteiger partial charge on any atom is 0.227 e. The summed E-state index contributed by atoms with van der Waals surface area (Å²) in [5, 5.41) is 2.40. The van der Waals surface area contributed by atoms with Crippen LogP contribution in [0.3, 0.4) is 0 Å². The minimum Gasteiger partial charge on any atom is -0.342 e. The van der Waals surface area contributed by atoms with Crippen molar-refractivity contribution in [2.75, 3.05) is 13.1 Å². The third kappa shape index (κ3) is 3.85. The number of hydrogen-bond acceptors (Lipinski definition) is 2. The Morgan fingerprint density at radius 2 is 1.91 bits per heavy atom. The number of piperidine rings is 1. The lowest BCUT2D eigenvalue weighted by molar-refractivity contribution is -0.133. The standard InChI is InChI=1S/C19H24N2O.ClH/c1-19(2)13-21(10-9-17(19)20)18(22)12-14-7-8-15-5-3-4-6-16(15)11-14;/h3-8,11,17H,9-10,12-13,20H2,1-2H3;1H. The highest BCUT2D eigenvalue weighted by atomic mass is 35.5. The minimum absolute atomic E-state index is 0. The fraction of sp³-hybridized carbons (Fsp3) is 0.421. The Bertz CT molecular complexity index is 699. The molecule has 0 bridgehead atoms. The van der Waals surface area contributed by atoms with Gasteiger partial charge in [-0.1, -0.05) is 56.3 Å². The number of nitrogens with zero attached hydrogens (tertiary/aromatic N) is 1. The molecule has 3 rings (SSSR count). The lowest BCUT2D eigenvalue weighted by Gasteiger charge is -2.42. The average Bonchev–Trinajstić information content (AvgIpc) is 2.49. The highest BCUT2D eigenvalue weighted by Crippen LogP contribution is 2.28. The van der Waals surface area contributed by atoms with Crippen LogP contribution in [0.1, 0.15) is 25.8 Å². The number of fused-ring (bicyclic) bond motifs is 1. The van der Waals surface area contributed by atoms with E-state index in [1.807, 2.05) is 17.0 Å². The molecule has 3 nitrogen and oxygen atoms in total. The zero-order valence-electron chi connectivity index (χ0n) is 13.8. The molecule has 1 aliphatic heterocycles. The summed E-state index contributed by atoms with van der Waals surface area (Å²) in [5.41, 5.74) is 7.23. The lowest BCUT2D eigenvalue weighted by atomic mass is 9.79. The Morgan fingerprint density at radius 3 is 2.61 bits per heavy atom. The molecule has 1 atom stereocenters. The molecular formula is C19H25ClN2O. The second-order valence-electron chi connectivity index (χ2n) is 7.06. The van der Waals surface area contributed by atoms with Gasteiger partial charge in [-0.2, -0.15) is 0 Å². The number of carbonyl (C=O) groups excluding carboxylic acids is 1. The summed E-state index contributed by atoms with van der Waals surface area (Å²) in [5.74, 6) is 0.204. The predicted octanol–water partition coefficient (Wildman–Crippen LogP) is 3.39. The van der Waals surface area contributed by atoms with Crippen LogP contribution in [-0.2, 0) is 11.2 Å². The maximum absolute atomic E-state index is 12.6. The van der Waals surface area contributed by atoms with E-state index in [2.05, 4.69) is 44.2 Å². The topological polar surface area (TPSA) is 46.3 Å². The number of benzene rings is 2. The molecule has 0 aromatic heterocycles. The predicted molar refractivity (Wildman–Crippen MR) is 97.9 cm³/mol. The van der Waals surface area contributed by atoms with Gasteiger partial charge in [0.05, 0.1) is 6.42 Å². The van der Waals surface area contributed by atoms with E-state index < -0.39 is 0 Å². The minimum atomic E-state index is -0.00268. The van der Waals surface area contributed by atoms with Crippen molar-refractivity contribution in [3.8, 4) is 0 Å². The van der Waals surface area contributed by atoms with E-state index in [0.717, 1.165) is 25.1 Å². The quantitative estimate of drug-likeness (QED) is 0.916. The summed E-state index contributed by atoms with van der Waals surface area (Å²) in [6.07, 6.45) is 1.35. The van der Waals surface area contributed by atoms with Crippen molar-refractivity contribution in [3.05, 3.63) is 48.0 Å². The number of likely N-dealkylation sites (tertiary alicyclic amines) is 1. The first kappa shape index (κ1) is 17.8. The van der Waals surface area contributed by atoms with Crippen molar-refractivity contribution in [1.82, 2.24) is 4.90 Å². The molecule has 0 saturated carbocycles. The molecule has 1 aliphatic rings.